The van der Waals surface area contributed by atoms with Crippen molar-refractivity contribution in [1.82, 2.24) is 0 Å². The largest absolute Gasteiger partial charge is 0.469 e. The van der Waals surface area contributed by atoms with Crippen molar-refractivity contribution in [1.29, 1.82) is 0 Å². The Morgan fingerprint density at radius 1 is 1.32 bits per heavy atom. The topological polar surface area (TPSA) is 35.5 Å². The van der Waals surface area contributed by atoms with Gasteiger partial charge in [-0.15, -0.1) is 0 Å². The van der Waals surface area contributed by atoms with Gasteiger partial charge < -0.3 is 9.47 Å². The number of rotatable bonds is 2. The first-order valence-corrected chi connectivity index (χ1v) is 6.68. The van der Waals surface area contributed by atoms with Gasteiger partial charge in [0.05, 0.1) is 25.2 Å². The summed E-state index contributed by atoms with van der Waals surface area (Å²) in [6, 6.07) is 6.42. The second-order valence-electron chi connectivity index (χ2n) is 5.32. The smallest absolute Gasteiger partial charge is 0.311 e. The summed E-state index contributed by atoms with van der Waals surface area (Å²) in [5.41, 5.74) is 0.997. The summed E-state index contributed by atoms with van der Waals surface area (Å²) in [6.07, 6.45) is 2.88. The van der Waals surface area contributed by atoms with Crippen LogP contribution in [0.25, 0.3) is 0 Å². The number of carbonyl (C=O) groups is 1. The number of hydrogen-bond donors (Lipinski definition) is 0. The van der Waals surface area contributed by atoms with E-state index in [4.69, 9.17) is 9.47 Å². The van der Waals surface area contributed by atoms with Crippen molar-refractivity contribution < 1.29 is 18.7 Å². The number of esters is 1. The van der Waals surface area contributed by atoms with Crippen molar-refractivity contribution in [3.63, 3.8) is 0 Å². The van der Waals surface area contributed by atoms with Crippen molar-refractivity contribution in [3.05, 3.63) is 35.6 Å². The molecule has 0 N–H and O–H groups in total. The number of hydrogen-bond acceptors (Lipinski definition) is 3. The van der Waals surface area contributed by atoms with Gasteiger partial charge in [-0.25, -0.2) is 4.39 Å². The van der Waals surface area contributed by atoms with E-state index in [1.807, 2.05) is 0 Å². The van der Waals surface area contributed by atoms with Gasteiger partial charge in [0.25, 0.3) is 0 Å². The maximum absolute atomic E-state index is 13.0. The number of ether oxygens (including phenoxy) is 2. The van der Waals surface area contributed by atoms with E-state index in [1.54, 1.807) is 12.1 Å². The van der Waals surface area contributed by atoms with Crippen molar-refractivity contribution in [2.45, 2.75) is 37.4 Å². The van der Waals surface area contributed by atoms with Crippen LogP contribution in [0.15, 0.2) is 24.3 Å². The fourth-order valence-electron chi connectivity index (χ4n) is 3.37. The molecule has 2 aliphatic heterocycles. The average molecular weight is 264 g/mol. The van der Waals surface area contributed by atoms with E-state index in [0.717, 1.165) is 24.8 Å². The molecule has 0 amide bonds. The van der Waals surface area contributed by atoms with Crippen LogP contribution in [-0.4, -0.2) is 25.3 Å². The van der Waals surface area contributed by atoms with Crippen LogP contribution in [0.4, 0.5) is 4.39 Å². The predicted octanol–water partition coefficient (Wildman–Crippen LogP) is 2.65. The SMILES string of the molecule is COC(=O)[C@@H]1[C@@H]2CCC(C[C@H]1c1ccc(F)cc1)O2. The lowest BCUT2D eigenvalue weighted by Gasteiger charge is -2.35. The number of halogens is 1. The predicted molar refractivity (Wildman–Crippen MR) is 67.2 cm³/mol. The molecule has 2 aliphatic rings. The van der Waals surface area contributed by atoms with Gasteiger partial charge in [0.15, 0.2) is 0 Å². The summed E-state index contributed by atoms with van der Waals surface area (Å²) >= 11 is 0. The Balaban J connectivity index is 1.92. The molecule has 3 nitrogen and oxygen atoms in total. The van der Waals surface area contributed by atoms with Crippen molar-refractivity contribution in [3.8, 4) is 0 Å². The third kappa shape index (κ3) is 2.25. The van der Waals surface area contributed by atoms with Gasteiger partial charge in [-0.05, 0) is 37.0 Å². The van der Waals surface area contributed by atoms with E-state index in [2.05, 4.69) is 0 Å². The summed E-state index contributed by atoms with van der Waals surface area (Å²) in [5, 5.41) is 0. The van der Waals surface area contributed by atoms with Crippen molar-refractivity contribution in [2.24, 2.45) is 5.92 Å². The highest BCUT2D eigenvalue weighted by molar-refractivity contribution is 5.74. The molecule has 0 aromatic heterocycles. The van der Waals surface area contributed by atoms with Crippen LogP contribution in [0.3, 0.4) is 0 Å². The average Bonchev–Trinajstić information content (AvgIpc) is 2.80. The van der Waals surface area contributed by atoms with Crippen LogP contribution in [0.2, 0.25) is 0 Å². The van der Waals surface area contributed by atoms with Crippen LogP contribution in [0, 0.1) is 11.7 Å². The lowest BCUT2D eigenvalue weighted by molar-refractivity contribution is -0.156. The Morgan fingerprint density at radius 2 is 2.05 bits per heavy atom. The van der Waals surface area contributed by atoms with Gasteiger partial charge >= 0.3 is 5.97 Å². The van der Waals surface area contributed by atoms with Crippen LogP contribution in [0.1, 0.15) is 30.7 Å². The standard InChI is InChI=1S/C15H17FO3/c1-18-15(17)14-12(8-11-6-7-13(14)19-11)9-2-4-10(16)5-3-9/h2-5,11-14H,6-8H2,1H3/t11?,12-,13-,14-/m0/s1. The third-order valence-electron chi connectivity index (χ3n) is 4.26. The number of fused-ring (bicyclic) bond motifs is 2. The fourth-order valence-corrected chi connectivity index (χ4v) is 3.37. The summed E-state index contributed by atoms with van der Waals surface area (Å²) < 4.78 is 23.8. The van der Waals surface area contributed by atoms with Crippen LogP contribution in [-0.2, 0) is 14.3 Å². The lowest BCUT2D eigenvalue weighted by atomic mass is 9.79. The highest BCUT2D eigenvalue weighted by atomic mass is 19.1. The zero-order valence-electron chi connectivity index (χ0n) is 10.8. The van der Waals surface area contributed by atoms with Crippen LogP contribution >= 0.6 is 0 Å². The lowest BCUT2D eigenvalue weighted by Crippen LogP contribution is -2.39. The number of carbonyl (C=O) groups excluding carboxylic acids is 1. The van der Waals surface area contributed by atoms with Crippen LogP contribution in [0.5, 0.6) is 0 Å². The highest BCUT2D eigenvalue weighted by Crippen LogP contribution is 2.45. The molecule has 2 heterocycles. The molecule has 1 aromatic carbocycles. The minimum atomic E-state index is -0.269. The highest BCUT2D eigenvalue weighted by Gasteiger charge is 2.47. The monoisotopic (exact) mass is 264 g/mol. The molecule has 4 heteroatoms. The molecule has 0 aliphatic carbocycles. The molecule has 2 bridgehead atoms. The fraction of sp³-hybridized carbons (Fsp3) is 0.533. The molecule has 3 rings (SSSR count). The molecule has 1 unspecified atom stereocenters. The zero-order valence-corrected chi connectivity index (χ0v) is 10.8. The molecule has 0 radical (unpaired) electrons. The van der Waals surface area contributed by atoms with E-state index < -0.39 is 0 Å². The molecule has 4 atom stereocenters. The van der Waals surface area contributed by atoms with Gasteiger partial charge in [-0.3, -0.25) is 4.79 Å². The van der Waals surface area contributed by atoms with Gasteiger partial charge in [0.2, 0.25) is 0 Å². The van der Waals surface area contributed by atoms with E-state index in [1.165, 1.54) is 19.2 Å². The van der Waals surface area contributed by atoms with E-state index in [9.17, 15) is 9.18 Å². The molecule has 0 saturated carbocycles. The van der Waals surface area contributed by atoms with Gasteiger partial charge in [-0.1, -0.05) is 12.1 Å². The molecule has 19 heavy (non-hydrogen) atoms. The summed E-state index contributed by atoms with van der Waals surface area (Å²) in [7, 11) is 1.41. The second kappa shape index (κ2) is 4.93. The second-order valence-corrected chi connectivity index (χ2v) is 5.32. The Labute approximate surface area is 111 Å². The van der Waals surface area contributed by atoms with E-state index in [-0.39, 0.29) is 35.8 Å². The first-order chi connectivity index (χ1) is 9.19. The van der Waals surface area contributed by atoms with Gasteiger partial charge in [0, 0.05) is 5.92 Å². The zero-order chi connectivity index (χ0) is 13.4. The third-order valence-corrected chi connectivity index (χ3v) is 4.26. The Morgan fingerprint density at radius 3 is 2.74 bits per heavy atom. The molecule has 102 valence electrons. The molecule has 2 fully saturated rings. The normalized spacial score (nSPS) is 33.2. The maximum atomic E-state index is 13.0. The number of benzene rings is 1. The van der Waals surface area contributed by atoms with Crippen molar-refractivity contribution >= 4 is 5.97 Å². The van der Waals surface area contributed by atoms with Gasteiger partial charge in [0.1, 0.15) is 5.82 Å². The Bertz CT molecular complexity index is 471. The summed E-state index contributed by atoms with van der Waals surface area (Å²) in [5.74, 6) is -0.679. The minimum Gasteiger partial charge on any atom is -0.469 e. The number of methoxy groups -OCH3 is 1. The van der Waals surface area contributed by atoms with E-state index in [0.29, 0.717) is 0 Å². The molecule has 1 aromatic rings. The van der Waals surface area contributed by atoms with E-state index >= 15 is 0 Å². The first-order valence-electron chi connectivity index (χ1n) is 6.68. The molecule has 0 spiro atoms. The Hall–Kier alpha value is -1.42. The molecular formula is C15H17FO3. The quantitative estimate of drug-likeness (QED) is 0.770. The minimum absolute atomic E-state index is 0.0544. The first kappa shape index (κ1) is 12.6. The van der Waals surface area contributed by atoms with Gasteiger partial charge in [-0.2, -0.15) is 0 Å². The molecule has 2 saturated heterocycles. The van der Waals surface area contributed by atoms with Crippen molar-refractivity contribution in [2.75, 3.05) is 7.11 Å². The Kier molecular flexibility index (Phi) is 3.27. The summed E-state index contributed by atoms with van der Waals surface area (Å²) in [4.78, 5) is 12.0. The van der Waals surface area contributed by atoms with Crippen LogP contribution < -0.4 is 0 Å². The summed E-state index contributed by atoms with van der Waals surface area (Å²) in [6.45, 7) is 0. The molecular weight excluding hydrogens is 247 g/mol. The maximum Gasteiger partial charge on any atom is 0.311 e.